The van der Waals surface area contributed by atoms with E-state index in [4.69, 9.17) is 0 Å². The standard InChI is InChI=1S/C26H26N4O3/c1-2-29-21-11-6-5-10-20(21)28-23(29)16-27-25(32)22-12-7-15-30(22)26(33)19-14-13-17-8-3-4-9-18(17)24(19)31/h3-6,8-11,13-14,22,31H,2,7,12,15-16H2,1H3,(H,27,32). The highest BCUT2D eigenvalue weighted by Gasteiger charge is 2.35. The van der Waals surface area contributed by atoms with Crippen molar-refractivity contribution >= 4 is 33.6 Å². The fourth-order valence-electron chi connectivity index (χ4n) is 4.76. The Morgan fingerprint density at radius 2 is 1.88 bits per heavy atom. The minimum atomic E-state index is -0.567. The largest absolute Gasteiger partial charge is 0.506 e. The zero-order valence-electron chi connectivity index (χ0n) is 18.5. The van der Waals surface area contributed by atoms with Crippen molar-refractivity contribution in [2.24, 2.45) is 0 Å². The molecule has 33 heavy (non-hydrogen) atoms. The molecule has 1 aliphatic rings. The molecule has 2 amide bonds. The van der Waals surface area contributed by atoms with Gasteiger partial charge in [-0.3, -0.25) is 9.59 Å². The Morgan fingerprint density at radius 1 is 1.09 bits per heavy atom. The Hall–Kier alpha value is -3.87. The number of benzene rings is 3. The molecule has 2 N–H and O–H groups in total. The van der Waals surface area contributed by atoms with Gasteiger partial charge in [-0.1, -0.05) is 42.5 Å². The summed E-state index contributed by atoms with van der Waals surface area (Å²) in [5.74, 6) is 0.225. The minimum absolute atomic E-state index is 0.0409. The van der Waals surface area contributed by atoms with Crippen LogP contribution in [0.25, 0.3) is 21.8 Å². The van der Waals surface area contributed by atoms with Crippen LogP contribution < -0.4 is 5.32 Å². The molecule has 1 saturated heterocycles. The average Bonchev–Trinajstić information content (AvgIpc) is 3.47. The van der Waals surface area contributed by atoms with Crippen molar-refractivity contribution in [2.75, 3.05) is 6.54 Å². The lowest BCUT2D eigenvalue weighted by Crippen LogP contribution is -2.46. The summed E-state index contributed by atoms with van der Waals surface area (Å²) in [6.45, 7) is 3.58. The van der Waals surface area contributed by atoms with E-state index < -0.39 is 6.04 Å². The van der Waals surface area contributed by atoms with Crippen molar-refractivity contribution in [3.05, 3.63) is 72.1 Å². The van der Waals surface area contributed by atoms with Gasteiger partial charge in [0, 0.05) is 18.5 Å². The van der Waals surface area contributed by atoms with E-state index in [1.807, 2.05) is 55.5 Å². The minimum Gasteiger partial charge on any atom is -0.506 e. The number of hydrogen-bond donors (Lipinski definition) is 2. The van der Waals surface area contributed by atoms with Crippen LogP contribution in [0.4, 0.5) is 0 Å². The van der Waals surface area contributed by atoms with Gasteiger partial charge in [-0.15, -0.1) is 0 Å². The Kier molecular flexibility index (Phi) is 5.46. The number of aromatic hydroxyl groups is 1. The monoisotopic (exact) mass is 442 g/mol. The average molecular weight is 443 g/mol. The second-order valence-electron chi connectivity index (χ2n) is 8.32. The molecule has 0 spiro atoms. The van der Waals surface area contributed by atoms with E-state index in [-0.39, 0.29) is 23.1 Å². The van der Waals surface area contributed by atoms with Crippen molar-refractivity contribution in [1.29, 1.82) is 0 Å². The lowest BCUT2D eigenvalue weighted by atomic mass is 10.0. The van der Waals surface area contributed by atoms with E-state index in [0.717, 1.165) is 35.2 Å². The van der Waals surface area contributed by atoms with Gasteiger partial charge in [-0.25, -0.2) is 4.98 Å². The number of carbonyl (C=O) groups excluding carboxylic acids is 2. The molecular weight excluding hydrogens is 416 g/mol. The van der Waals surface area contributed by atoms with Crippen molar-refractivity contribution in [1.82, 2.24) is 19.8 Å². The molecule has 4 aromatic rings. The first kappa shape index (κ1) is 21.0. The number of phenolic OH excluding ortho intramolecular Hbond substituents is 1. The number of nitrogens with one attached hydrogen (secondary N) is 1. The van der Waals surface area contributed by atoms with Crippen LogP contribution in [-0.2, 0) is 17.9 Å². The van der Waals surface area contributed by atoms with Crippen molar-refractivity contribution < 1.29 is 14.7 Å². The molecule has 7 nitrogen and oxygen atoms in total. The molecule has 1 aromatic heterocycles. The third-order valence-electron chi connectivity index (χ3n) is 6.42. The van der Waals surface area contributed by atoms with Crippen molar-refractivity contribution in [3.8, 4) is 5.75 Å². The fraction of sp³-hybridized carbons (Fsp3) is 0.269. The van der Waals surface area contributed by atoms with Gasteiger partial charge in [0.25, 0.3) is 5.91 Å². The lowest BCUT2D eigenvalue weighted by molar-refractivity contribution is -0.125. The second-order valence-corrected chi connectivity index (χ2v) is 8.32. The molecule has 0 bridgehead atoms. The molecule has 0 radical (unpaired) electrons. The van der Waals surface area contributed by atoms with E-state index in [2.05, 4.69) is 14.9 Å². The van der Waals surface area contributed by atoms with Gasteiger partial charge < -0.3 is 19.9 Å². The van der Waals surface area contributed by atoms with Crippen LogP contribution in [0.3, 0.4) is 0 Å². The number of nitrogens with zero attached hydrogens (tertiary/aromatic N) is 3. The molecule has 3 aromatic carbocycles. The smallest absolute Gasteiger partial charge is 0.258 e. The molecule has 0 aliphatic carbocycles. The summed E-state index contributed by atoms with van der Waals surface area (Å²) in [7, 11) is 0. The third-order valence-corrected chi connectivity index (χ3v) is 6.42. The number of fused-ring (bicyclic) bond motifs is 2. The number of aromatic nitrogens is 2. The summed E-state index contributed by atoms with van der Waals surface area (Å²) in [5, 5.41) is 15.2. The topological polar surface area (TPSA) is 87.5 Å². The molecule has 1 aliphatic heterocycles. The second kappa shape index (κ2) is 8.58. The number of phenols is 1. The van der Waals surface area contributed by atoms with Crippen LogP contribution in [0.1, 0.15) is 35.9 Å². The Balaban J connectivity index is 1.34. The molecule has 0 saturated carbocycles. The Bertz CT molecular complexity index is 1360. The van der Waals surface area contributed by atoms with Crippen LogP contribution in [-0.4, -0.2) is 44.0 Å². The Labute approximate surface area is 191 Å². The number of amides is 2. The number of aryl methyl sites for hydroxylation is 1. The van der Waals surface area contributed by atoms with Gasteiger partial charge in [-0.05, 0) is 43.4 Å². The summed E-state index contributed by atoms with van der Waals surface area (Å²) in [6.07, 6.45) is 1.34. The molecule has 1 fully saturated rings. The lowest BCUT2D eigenvalue weighted by Gasteiger charge is -2.24. The first-order valence-corrected chi connectivity index (χ1v) is 11.3. The van der Waals surface area contributed by atoms with E-state index >= 15 is 0 Å². The zero-order chi connectivity index (χ0) is 22.9. The van der Waals surface area contributed by atoms with Gasteiger partial charge in [0.05, 0.1) is 23.1 Å². The highest BCUT2D eigenvalue weighted by Crippen LogP contribution is 2.31. The van der Waals surface area contributed by atoms with Gasteiger partial charge in [0.2, 0.25) is 5.91 Å². The van der Waals surface area contributed by atoms with Gasteiger partial charge in [0.1, 0.15) is 17.6 Å². The normalized spacial score (nSPS) is 15.9. The van der Waals surface area contributed by atoms with Gasteiger partial charge >= 0.3 is 0 Å². The maximum Gasteiger partial charge on any atom is 0.258 e. The number of hydrogen-bond acceptors (Lipinski definition) is 4. The number of imidazole rings is 1. The molecule has 5 rings (SSSR count). The van der Waals surface area contributed by atoms with E-state index in [1.54, 1.807) is 17.0 Å². The van der Waals surface area contributed by atoms with Gasteiger partial charge in [-0.2, -0.15) is 0 Å². The summed E-state index contributed by atoms with van der Waals surface area (Å²) in [5.41, 5.74) is 2.16. The summed E-state index contributed by atoms with van der Waals surface area (Å²) in [6, 6.07) is 18.2. The number of carbonyl (C=O) groups is 2. The van der Waals surface area contributed by atoms with E-state index in [1.165, 1.54) is 0 Å². The van der Waals surface area contributed by atoms with Crippen molar-refractivity contribution in [3.63, 3.8) is 0 Å². The highest BCUT2D eigenvalue weighted by molar-refractivity contribution is 6.05. The predicted octanol–water partition coefficient (Wildman–Crippen LogP) is 3.84. The first-order valence-electron chi connectivity index (χ1n) is 11.3. The molecule has 168 valence electrons. The highest BCUT2D eigenvalue weighted by atomic mass is 16.3. The van der Waals surface area contributed by atoms with Crippen LogP contribution in [0.5, 0.6) is 5.75 Å². The predicted molar refractivity (Wildman–Crippen MR) is 127 cm³/mol. The molecular formula is C26H26N4O3. The number of likely N-dealkylation sites (tertiary alicyclic amines) is 1. The zero-order valence-corrected chi connectivity index (χ0v) is 18.5. The van der Waals surface area contributed by atoms with Crippen molar-refractivity contribution in [2.45, 2.75) is 38.9 Å². The van der Waals surface area contributed by atoms with Crippen LogP contribution in [0.2, 0.25) is 0 Å². The van der Waals surface area contributed by atoms with E-state index in [0.29, 0.717) is 24.9 Å². The SMILES string of the molecule is CCn1c(CNC(=O)C2CCCN2C(=O)c2ccc3ccccc3c2O)nc2ccccc21. The number of para-hydroxylation sites is 2. The van der Waals surface area contributed by atoms with Crippen LogP contribution in [0.15, 0.2) is 60.7 Å². The Morgan fingerprint density at radius 3 is 2.73 bits per heavy atom. The molecule has 1 unspecified atom stereocenters. The first-order chi connectivity index (χ1) is 16.1. The molecule has 1 atom stereocenters. The maximum atomic E-state index is 13.3. The summed E-state index contributed by atoms with van der Waals surface area (Å²) in [4.78, 5) is 32.6. The number of rotatable bonds is 5. The summed E-state index contributed by atoms with van der Waals surface area (Å²) >= 11 is 0. The maximum absolute atomic E-state index is 13.3. The molecule has 7 heteroatoms. The van der Waals surface area contributed by atoms with Gasteiger partial charge in [0.15, 0.2) is 0 Å². The molecule has 2 heterocycles. The summed E-state index contributed by atoms with van der Waals surface area (Å²) < 4.78 is 2.08. The van der Waals surface area contributed by atoms with E-state index in [9.17, 15) is 14.7 Å². The van der Waals surface area contributed by atoms with Crippen LogP contribution >= 0.6 is 0 Å². The third kappa shape index (κ3) is 3.69. The van der Waals surface area contributed by atoms with Crippen LogP contribution in [0, 0.1) is 0 Å². The fourth-order valence-corrected chi connectivity index (χ4v) is 4.76. The quantitative estimate of drug-likeness (QED) is 0.492.